The van der Waals surface area contributed by atoms with E-state index in [1.54, 1.807) is 42.5 Å². The van der Waals surface area contributed by atoms with Crippen LogP contribution in [0.3, 0.4) is 0 Å². The quantitative estimate of drug-likeness (QED) is 0.243. The molecule has 14 nitrogen and oxygen atoms in total. The number of hydrogen-bond acceptors (Lipinski definition) is 9. The first-order chi connectivity index (χ1) is 21.3. The number of ether oxygens (including phenoxy) is 1. The molecule has 1 fully saturated rings. The van der Waals surface area contributed by atoms with Crippen molar-refractivity contribution in [3.8, 4) is 23.3 Å². The van der Waals surface area contributed by atoms with E-state index in [9.17, 15) is 32.4 Å². The molecule has 2 aliphatic heterocycles. The summed E-state index contributed by atoms with van der Waals surface area (Å²) in [4.78, 5) is 68.0. The van der Waals surface area contributed by atoms with Gasteiger partial charge >= 0.3 is 5.69 Å². The van der Waals surface area contributed by atoms with Gasteiger partial charge in [0.05, 0.1) is 6.54 Å². The molecule has 1 N–H and O–H groups in total. The first-order valence-electron chi connectivity index (χ1n) is 13.7. The lowest BCUT2D eigenvalue weighted by molar-refractivity contribution is -0.136. The lowest BCUT2D eigenvalue weighted by atomic mass is 10.0. The number of imidazole rings is 1. The predicted octanol–water partition coefficient (Wildman–Crippen LogP) is 0.442. The van der Waals surface area contributed by atoms with Gasteiger partial charge in [0.1, 0.15) is 17.5 Å². The third kappa shape index (κ3) is 5.29. The summed E-state index contributed by atoms with van der Waals surface area (Å²) in [5.41, 5.74) is 0.234. The fourth-order valence-corrected chi connectivity index (χ4v) is 6.33. The summed E-state index contributed by atoms with van der Waals surface area (Å²) in [5, 5.41) is 1.95. The van der Waals surface area contributed by atoms with Gasteiger partial charge in [-0.2, -0.15) is 4.98 Å². The molecule has 1 atom stereocenters. The average molecular weight is 631 g/mol. The topological polar surface area (TPSA) is 172 Å². The molecule has 0 spiro atoms. The van der Waals surface area contributed by atoms with Crippen molar-refractivity contribution >= 4 is 38.7 Å². The van der Waals surface area contributed by atoms with Crippen LogP contribution in [0, 0.1) is 11.8 Å². The first-order valence-corrected chi connectivity index (χ1v) is 15.6. The average Bonchev–Trinajstić information content (AvgIpc) is 3.50. The number of hydrogen-bond donors (Lipinski definition) is 1. The van der Waals surface area contributed by atoms with Gasteiger partial charge in [0.25, 0.3) is 11.5 Å². The molecule has 230 valence electrons. The molecule has 45 heavy (non-hydrogen) atoms. The number of imide groups is 1. The third-order valence-corrected chi connectivity index (χ3v) is 8.71. The van der Waals surface area contributed by atoms with Gasteiger partial charge in [-0.25, -0.2) is 13.2 Å². The van der Waals surface area contributed by atoms with Crippen LogP contribution in [0.2, 0.25) is 0 Å². The predicted molar refractivity (Wildman–Crippen MR) is 159 cm³/mol. The number of benzene rings is 2. The van der Waals surface area contributed by atoms with Gasteiger partial charge in [0.15, 0.2) is 11.2 Å². The summed E-state index contributed by atoms with van der Waals surface area (Å²) in [6.07, 6.45) is 1.41. The summed E-state index contributed by atoms with van der Waals surface area (Å²) in [6.45, 7) is 0.0418. The minimum absolute atomic E-state index is 0.0361. The van der Waals surface area contributed by atoms with Crippen LogP contribution in [0.25, 0.3) is 11.2 Å². The highest BCUT2D eigenvalue weighted by molar-refractivity contribution is 7.90. The Balaban J connectivity index is 1.22. The SMILES string of the molecule is Cn1c(=O)c2c(nc(S(C)(=O)=O)n2C)n(CC#Cc2cccc(Oc3ccc4c(c3)CN(C3CCC(=O)NC3=O)C4=O)c2)c1=O. The summed E-state index contributed by atoms with van der Waals surface area (Å²) < 4.78 is 33.6. The van der Waals surface area contributed by atoms with E-state index in [0.29, 0.717) is 28.2 Å². The summed E-state index contributed by atoms with van der Waals surface area (Å²) in [5.74, 6) is 5.65. The zero-order valence-electron chi connectivity index (χ0n) is 24.4. The number of aryl methyl sites for hydroxylation is 1. The number of nitrogens with zero attached hydrogens (tertiary/aromatic N) is 5. The van der Waals surface area contributed by atoms with E-state index in [4.69, 9.17) is 4.74 Å². The molecule has 4 heterocycles. The van der Waals surface area contributed by atoms with E-state index in [2.05, 4.69) is 22.1 Å². The molecule has 0 aliphatic carbocycles. The largest absolute Gasteiger partial charge is 0.457 e. The maximum absolute atomic E-state index is 13.0. The van der Waals surface area contributed by atoms with Gasteiger partial charge in [-0.05, 0) is 48.4 Å². The van der Waals surface area contributed by atoms with Crippen molar-refractivity contribution in [3.05, 3.63) is 80.0 Å². The van der Waals surface area contributed by atoms with Gasteiger partial charge in [0.2, 0.25) is 26.8 Å². The first kappa shape index (κ1) is 29.6. The van der Waals surface area contributed by atoms with Crippen LogP contribution in [-0.2, 0) is 46.6 Å². The molecule has 1 saturated heterocycles. The van der Waals surface area contributed by atoms with E-state index in [1.807, 2.05) is 0 Å². The maximum Gasteiger partial charge on any atom is 0.333 e. The number of rotatable bonds is 5. The number of aromatic nitrogens is 4. The normalized spacial score (nSPS) is 16.4. The minimum Gasteiger partial charge on any atom is -0.457 e. The van der Waals surface area contributed by atoms with Crippen molar-refractivity contribution in [1.82, 2.24) is 28.9 Å². The molecule has 15 heteroatoms. The Kier molecular flexibility index (Phi) is 7.16. The fraction of sp³-hybridized carbons (Fsp3) is 0.267. The molecular weight excluding hydrogens is 604 g/mol. The molecule has 6 rings (SSSR count). The number of sulfone groups is 1. The van der Waals surface area contributed by atoms with E-state index >= 15 is 0 Å². The lowest BCUT2D eigenvalue weighted by Gasteiger charge is -2.29. The fourth-order valence-electron chi connectivity index (χ4n) is 5.49. The zero-order chi connectivity index (χ0) is 32.2. The molecule has 0 radical (unpaired) electrons. The standard InChI is InChI=1S/C30H26N6O8S/c1-33-24-25(32-29(33)45(3,42)43)35(30(41)34(2)28(24)40)13-5-7-17-6-4-8-19(14-17)44-20-9-10-21-18(15-20)16-36(27(21)39)22-11-12-23(37)31-26(22)38/h4,6,8-10,14-15,22H,11-13,16H2,1-3H3,(H,31,37,38). The van der Waals surface area contributed by atoms with Crippen molar-refractivity contribution in [2.75, 3.05) is 6.26 Å². The van der Waals surface area contributed by atoms with Gasteiger partial charge < -0.3 is 14.2 Å². The Hall–Kier alpha value is -5.49. The van der Waals surface area contributed by atoms with Crippen molar-refractivity contribution in [1.29, 1.82) is 0 Å². The van der Waals surface area contributed by atoms with E-state index in [1.165, 1.54) is 19.0 Å². The van der Waals surface area contributed by atoms with E-state index < -0.39 is 33.0 Å². The molecule has 0 saturated carbocycles. The van der Waals surface area contributed by atoms with Crippen molar-refractivity contribution in [2.24, 2.45) is 14.1 Å². The summed E-state index contributed by atoms with van der Waals surface area (Å²) >= 11 is 0. The van der Waals surface area contributed by atoms with Crippen LogP contribution in [0.4, 0.5) is 0 Å². The molecular formula is C30H26N6O8S. The van der Waals surface area contributed by atoms with Crippen LogP contribution in [0.15, 0.2) is 57.2 Å². The third-order valence-electron chi connectivity index (χ3n) is 7.68. The van der Waals surface area contributed by atoms with E-state index in [-0.39, 0.29) is 54.1 Å². The monoisotopic (exact) mass is 630 g/mol. The number of fused-ring (bicyclic) bond motifs is 2. The molecule has 1 unspecified atom stereocenters. The van der Waals surface area contributed by atoms with Crippen LogP contribution < -0.4 is 21.3 Å². The second-order valence-electron chi connectivity index (χ2n) is 10.8. The zero-order valence-corrected chi connectivity index (χ0v) is 25.2. The Morgan fingerprint density at radius 1 is 1.02 bits per heavy atom. The summed E-state index contributed by atoms with van der Waals surface area (Å²) in [6, 6.07) is 11.2. The highest BCUT2D eigenvalue weighted by Gasteiger charge is 2.39. The highest BCUT2D eigenvalue weighted by Crippen LogP contribution is 2.32. The van der Waals surface area contributed by atoms with Crippen molar-refractivity contribution < 1.29 is 27.5 Å². The van der Waals surface area contributed by atoms with Crippen molar-refractivity contribution in [2.45, 2.75) is 37.1 Å². The number of carbonyl (C=O) groups excluding carboxylic acids is 3. The number of carbonyl (C=O) groups is 3. The van der Waals surface area contributed by atoms with Crippen LogP contribution in [-0.4, -0.2) is 62.0 Å². The van der Waals surface area contributed by atoms with Gasteiger partial charge in [-0.1, -0.05) is 17.9 Å². The highest BCUT2D eigenvalue weighted by atomic mass is 32.2. The van der Waals surface area contributed by atoms with Gasteiger partial charge in [-0.15, -0.1) is 0 Å². The molecule has 2 aromatic heterocycles. The Labute approximate surface area is 255 Å². The van der Waals surface area contributed by atoms with Crippen LogP contribution >= 0.6 is 0 Å². The van der Waals surface area contributed by atoms with Gasteiger partial charge in [0, 0.05) is 44.4 Å². The number of amides is 3. The molecule has 4 aromatic rings. The second kappa shape index (κ2) is 10.9. The molecule has 2 aromatic carbocycles. The van der Waals surface area contributed by atoms with E-state index in [0.717, 1.165) is 20.0 Å². The minimum atomic E-state index is -3.77. The molecule has 0 bridgehead atoms. The maximum atomic E-state index is 13.0. The smallest absolute Gasteiger partial charge is 0.333 e. The Morgan fingerprint density at radius 2 is 1.78 bits per heavy atom. The van der Waals surface area contributed by atoms with Crippen LogP contribution in [0.5, 0.6) is 11.5 Å². The van der Waals surface area contributed by atoms with Gasteiger partial charge in [-0.3, -0.25) is 33.6 Å². The molecule has 3 amide bonds. The Morgan fingerprint density at radius 3 is 2.51 bits per heavy atom. The number of nitrogens with one attached hydrogen (secondary N) is 1. The van der Waals surface area contributed by atoms with Crippen LogP contribution in [0.1, 0.15) is 34.3 Å². The Bertz CT molecular complexity index is 2250. The summed E-state index contributed by atoms with van der Waals surface area (Å²) in [7, 11) is -1.08. The molecule has 2 aliphatic rings. The van der Waals surface area contributed by atoms with Crippen molar-refractivity contribution in [3.63, 3.8) is 0 Å². The lowest BCUT2D eigenvalue weighted by Crippen LogP contribution is -2.52. The number of piperidine rings is 1. The second-order valence-corrected chi connectivity index (χ2v) is 12.7.